The number of carbonyl (C=O) groups excluding carboxylic acids is 1. The van der Waals surface area contributed by atoms with Crippen molar-refractivity contribution in [1.29, 1.82) is 0 Å². The number of cyclic esters (lactones) is 1. The first-order valence-corrected chi connectivity index (χ1v) is 9.19. The zero-order valence-electron chi connectivity index (χ0n) is 14.4. The van der Waals surface area contributed by atoms with Crippen LogP contribution in [-0.4, -0.2) is 61.3 Å². The van der Waals surface area contributed by atoms with Crippen LogP contribution in [0.3, 0.4) is 0 Å². The van der Waals surface area contributed by atoms with Crippen LogP contribution in [0, 0.1) is 0 Å². The Labute approximate surface area is 157 Å². The molecule has 0 saturated carbocycles. The number of rotatable bonds is 4. The van der Waals surface area contributed by atoms with E-state index in [0.29, 0.717) is 11.6 Å². The molecule has 2 aliphatic heterocycles. The lowest BCUT2D eigenvalue weighted by molar-refractivity contribution is 0.106. The van der Waals surface area contributed by atoms with Crippen LogP contribution >= 0.6 is 11.6 Å². The molecule has 2 aliphatic rings. The maximum atomic E-state index is 12.1. The number of hydrogen-bond acceptors (Lipinski definition) is 5. The molecule has 1 aromatic carbocycles. The molecule has 26 heavy (non-hydrogen) atoms. The highest BCUT2D eigenvalue weighted by Crippen LogP contribution is 2.22. The smallest absolute Gasteiger partial charge is 0.414 e. The maximum Gasteiger partial charge on any atom is 0.414 e. The number of pyridine rings is 1. The SMILES string of the molecule is O=C1OC(CN2CCN(c3ccc(Cl)cn3)CC2)CN1c1ccccc1. The molecule has 2 fully saturated rings. The van der Waals surface area contributed by atoms with Gasteiger partial charge in [-0.25, -0.2) is 9.78 Å². The molecule has 0 radical (unpaired) electrons. The van der Waals surface area contributed by atoms with Crippen LogP contribution in [0.5, 0.6) is 0 Å². The monoisotopic (exact) mass is 372 g/mol. The van der Waals surface area contributed by atoms with E-state index in [-0.39, 0.29) is 12.2 Å². The number of piperazine rings is 1. The molecular weight excluding hydrogens is 352 g/mol. The van der Waals surface area contributed by atoms with Crippen molar-refractivity contribution in [2.45, 2.75) is 6.10 Å². The summed E-state index contributed by atoms with van der Waals surface area (Å²) in [6.45, 7) is 5.00. The standard InChI is InChI=1S/C19H21ClN4O2/c20-15-6-7-18(21-12-15)23-10-8-22(9-11-23)13-17-14-24(19(25)26-17)16-4-2-1-3-5-16/h1-7,12,17H,8-11,13-14H2. The summed E-state index contributed by atoms with van der Waals surface area (Å²) in [5.41, 5.74) is 0.888. The fourth-order valence-corrected chi connectivity index (χ4v) is 3.55. The second kappa shape index (κ2) is 7.51. The molecular formula is C19H21ClN4O2. The summed E-state index contributed by atoms with van der Waals surface area (Å²) >= 11 is 5.90. The Hall–Kier alpha value is -2.31. The van der Waals surface area contributed by atoms with E-state index in [0.717, 1.165) is 44.2 Å². The summed E-state index contributed by atoms with van der Waals surface area (Å²) in [5.74, 6) is 0.955. The second-order valence-electron chi connectivity index (χ2n) is 6.57. The summed E-state index contributed by atoms with van der Waals surface area (Å²) in [6, 6.07) is 13.5. The van der Waals surface area contributed by atoms with Crippen LogP contribution in [-0.2, 0) is 4.74 Å². The van der Waals surface area contributed by atoms with Gasteiger partial charge in [0.05, 0.1) is 11.6 Å². The Bertz CT molecular complexity index is 748. The quantitative estimate of drug-likeness (QED) is 0.826. The summed E-state index contributed by atoms with van der Waals surface area (Å²) in [5, 5.41) is 0.651. The molecule has 1 aromatic heterocycles. The Balaban J connectivity index is 1.30. The average molecular weight is 373 g/mol. The summed E-state index contributed by atoms with van der Waals surface area (Å²) in [6.07, 6.45) is 1.33. The molecule has 4 rings (SSSR count). The number of anilines is 2. The minimum Gasteiger partial charge on any atom is -0.443 e. The Kier molecular flexibility index (Phi) is 4.95. The Morgan fingerprint density at radius 3 is 2.54 bits per heavy atom. The summed E-state index contributed by atoms with van der Waals surface area (Å²) < 4.78 is 5.56. The number of halogens is 1. The molecule has 1 atom stereocenters. The molecule has 2 saturated heterocycles. The lowest BCUT2D eigenvalue weighted by atomic mass is 10.2. The van der Waals surface area contributed by atoms with E-state index >= 15 is 0 Å². The van der Waals surface area contributed by atoms with Crippen molar-refractivity contribution in [2.24, 2.45) is 0 Å². The molecule has 0 N–H and O–H groups in total. The normalized spacial score (nSPS) is 21.1. The largest absolute Gasteiger partial charge is 0.443 e. The average Bonchev–Trinajstić information content (AvgIpc) is 3.04. The van der Waals surface area contributed by atoms with Gasteiger partial charge in [-0.05, 0) is 24.3 Å². The number of amides is 1. The topological polar surface area (TPSA) is 48.9 Å². The van der Waals surface area contributed by atoms with Crippen molar-refractivity contribution in [3.8, 4) is 0 Å². The molecule has 0 aliphatic carbocycles. The highest BCUT2D eigenvalue weighted by Gasteiger charge is 2.34. The molecule has 0 spiro atoms. The van der Waals surface area contributed by atoms with E-state index in [2.05, 4.69) is 14.8 Å². The van der Waals surface area contributed by atoms with Crippen LogP contribution in [0.15, 0.2) is 48.7 Å². The van der Waals surface area contributed by atoms with Gasteiger partial charge in [-0.1, -0.05) is 29.8 Å². The van der Waals surface area contributed by atoms with E-state index in [1.165, 1.54) is 0 Å². The van der Waals surface area contributed by atoms with Crippen LogP contribution in [0.25, 0.3) is 0 Å². The van der Waals surface area contributed by atoms with E-state index in [1.54, 1.807) is 11.1 Å². The third kappa shape index (κ3) is 3.76. The van der Waals surface area contributed by atoms with Gasteiger partial charge < -0.3 is 9.64 Å². The summed E-state index contributed by atoms with van der Waals surface area (Å²) in [7, 11) is 0. The zero-order chi connectivity index (χ0) is 17.9. The van der Waals surface area contributed by atoms with Crippen LogP contribution < -0.4 is 9.80 Å². The minimum atomic E-state index is -0.259. The van der Waals surface area contributed by atoms with E-state index in [9.17, 15) is 4.79 Å². The lowest BCUT2D eigenvalue weighted by Gasteiger charge is -2.36. The highest BCUT2D eigenvalue weighted by molar-refractivity contribution is 6.30. The minimum absolute atomic E-state index is 0.0945. The van der Waals surface area contributed by atoms with Crippen LogP contribution in [0.2, 0.25) is 5.02 Å². The van der Waals surface area contributed by atoms with Gasteiger partial charge in [0.15, 0.2) is 0 Å². The number of hydrogen-bond donors (Lipinski definition) is 0. The van der Waals surface area contributed by atoms with Gasteiger partial charge in [-0.3, -0.25) is 9.80 Å². The molecule has 0 bridgehead atoms. The highest BCUT2D eigenvalue weighted by atomic mass is 35.5. The van der Waals surface area contributed by atoms with E-state index in [4.69, 9.17) is 16.3 Å². The third-order valence-corrected chi connectivity index (χ3v) is 5.04. The van der Waals surface area contributed by atoms with Gasteiger partial charge in [-0.2, -0.15) is 0 Å². The molecule has 3 heterocycles. The molecule has 1 amide bonds. The molecule has 6 nitrogen and oxygen atoms in total. The number of benzene rings is 1. The van der Waals surface area contributed by atoms with Crippen molar-refractivity contribution < 1.29 is 9.53 Å². The number of aromatic nitrogens is 1. The second-order valence-corrected chi connectivity index (χ2v) is 7.01. The van der Waals surface area contributed by atoms with E-state index < -0.39 is 0 Å². The molecule has 2 aromatic rings. The number of para-hydroxylation sites is 1. The van der Waals surface area contributed by atoms with Crippen molar-refractivity contribution in [1.82, 2.24) is 9.88 Å². The van der Waals surface area contributed by atoms with Crippen molar-refractivity contribution in [3.63, 3.8) is 0 Å². The molecule has 136 valence electrons. The Morgan fingerprint density at radius 2 is 1.85 bits per heavy atom. The third-order valence-electron chi connectivity index (χ3n) is 4.81. The number of ether oxygens (including phenoxy) is 1. The van der Waals surface area contributed by atoms with Gasteiger partial charge in [0, 0.05) is 44.6 Å². The van der Waals surface area contributed by atoms with Gasteiger partial charge >= 0.3 is 6.09 Å². The van der Waals surface area contributed by atoms with Crippen molar-refractivity contribution in [2.75, 3.05) is 49.1 Å². The van der Waals surface area contributed by atoms with Crippen molar-refractivity contribution >= 4 is 29.2 Å². The van der Waals surface area contributed by atoms with Crippen molar-refractivity contribution in [3.05, 3.63) is 53.7 Å². The molecule has 1 unspecified atom stereocenters. The zero-order valence-corrected chi connectivity index (χ0v) is 15.2. The Morgan fingerprint density at radius 1 is 1.08 bits per heavy atom. The fraction of sp³-hybridized carbons (Fsp3) is 0.368. The summed E-state index contributed by atoms with van der Waals surface area (Å²) in [4.78, 5) is 22.8. The first-order valence-electron chi connectivity index (χ1n) is 8.81. The maximum absolute atomic E-state index is 12.1. The first kappa shape index (κ1) is 17.1. The van der Waals surface area contributed by atoms with Gasteiger partial charge in [0.2, 0.25) is 0 Å². The predicted molar refractivity (Wildman–Crippen MR) is 102 cm³/mol. The molecule has 7 heteroatoms. The van der Waals surface area contributed by atoms with E-state index in [1.807, 2.05) is 42.5 Å². The lowest BCUT2D eigenvalue weighted by Crippen LogP contribution is -2.49. The van der Waals surface area contributed by atoms with Gasteiger partial charge in [-0.15, -0.1) is 0 Å². The first-order chi connectivity index (χ1) is 12.7. The fourth-order valence-electron chi connectivity index (χ4n) is 3.44. The van der Waals surface area contributed by atoms with Gasteiger partial charge in [0.25, 0.3) is 0 Å². The van der Waals surface area contributed by atoms with Crippen LogP contribution in [0.4, 0.5) is 16.3 Å². The predicted octanol–water partition coefficient (Wildman–Crippen LogP) is 2.88. The number of nitrogens with zero attached hydrogens (tertiary/aromatic N) is 4. The number of carbonyl (C=O) groups is 1. The van der Waals surface area contributed by atoms with Gasteiger partial charge in [0.1, 0.15) is 11.9 Å². The van der Waals surface area contributed by atoms with Crippen LogP contribution in [0.1, 0.15) is 0 Å².